The molecule has 1 amide bonds. The van der Waals surface area contributed by atoms with Crippen molar-refractivity contribution in [2.75, 3.05) is 5.75 Å². The van der Waals surface area contributed by atoms with Gasteiger partial charge in [0.25, 0.3) is 5.91 Å². The number of hydrogen-bond donors (Lipinski definition) is 1. The van der Waals surface area contributed by atoms with E-state index in [1.165, 1.54) is 30.0 Å². The van der Waals surface area contributed by atoms with Crippen LogP contribution in [0.4, 0.5) is 4.39 Å². The van der Waals surface area contributed by atoms with Crippen molar-refractivity contribution in [1.29, 1.82) is 0 Å². The molecule has 0 saturated carbocycles. The van der Waals surface area contributed by atoms with Crippen LogP contribution >= 0.6 is 46.6 Å². The first-order chi connectivity index (χ1) is 13.4. The lowest BCUT2D eigenvalue weighted by atomic mass is 10.2. The summed E-state index contributed by atoms with van der Waals surface area (Å²) in [6, 6.07) is 9.19. The number of rotatable bonds is 6. The molecule has 3 rings (SSSR count). The van der Waals surface area contributed by atoms with Gasteiger partial charge in [-0.05, 0) is 36.1 Å². The molecule has 0 spiro atoms. The fraction of sp³-hybridized carbons (Fsp3) is 0.167. The second-order valence-corrected chi connectivity index (χ2v) is 8.00. The highest BCUT2D eigenvalue weighted by molar-refractivity contribution is 7.99. The number of nitrogens with one attached hydrogen (secondary N) is 1. The van der Waals surface area contributed by atoms with E-state index in [9.17, 15) is 9.18 Å². The summed E-state index contributed by atoms with van der Waals surface area (Å²) in [5, 5.41) is 12.4. The zero-order valence-corrected chi connectivity index (χ0v) is 17.6. The van der Waals surface area contributed by atoms with Crippen molar-refractivity contribution in [2.45, 2.75) is 18.6 Å². The van der Waals surface area contributed by atoms with Crippen LogP contribution in [0.15, 0.2) is 41.6 Å². The van der Waals surface area contributed by atoms with E-state index in [4.69, 9.17) is 34.8 Å². The average Bonchev–Trinajstić information content (AvgIpc) is 3.05. The largest absolute Gasteiger partial charge is 0.345 e. The summed E-state index contributed by atoms with van der Waals surface area (Å²) in [6.07, 6.45) is 0. The lowest BCUT2D eigenvalue weighted by Gasteiger charge is -2.12. The van der Waals surface area contributed by atoms with Gasteiger partial charge in [0.1, 0.15) is 5.82 Å². The number of benzene rings is 2. The predicted octanol–water partition coefficient (Wildman–Crippen LogP) is 5.41. The lowest BCUT2D eigenvalue weighted by molar-refractivity contribution is 0.0946. The zero-order valence-electron chi connectivity index (χ0n) is 14.5. The van der Waals surface area contributed by atoms with Crippen molar-refractivity contribution in [3.05, 3.63) is 68.7 Å². The molecule has 1 heterocycles. The zero-order chi connectivity index (χ0) is 20.3. The third-order valence-electron chi connectivity index (χ3n) is 3.73. The summed E-state index contributed by atoms with van der Waals surface area (Å²) in [6.45, 7) is 2.00. The van der Waals surface area contributed by atoms with Gasteiger partial charge in [-0.15, -0.1) is 10.2 Å². The van der Waals surface area contributed by atoms with Gasteiger partial charge in [-0.2, -0.15) is 0 Å². The van der Waals surface area contributed by atoms with Crippen LogP contribution in [0.3, 0.4) is 0 Å². The summed E-state index contributed by atoms with van der Waals surface area (Å²) in [7, 11) is 0. The van der Waals surface area contributed by atoms with Crippen LogP contribution in [-0.2, 0) is 6.54 Å². The highest BCUT2D eigenvalue weighted by Crippen LogP contribution is 2.28. The summed E-state index contributed by atoms with van der Waals surface area (Å²) in [4.78, 5) is 12.4. The van der Waals surface area contributed by atoms with E-state index in [1.54, 1.807) is 22.8 Å². The Labute approximate surface area is 180 Å². The Morgan fingerprint density at radius 3 is 2.61 bits per heavy atom. The normalized spacial score (nSPS) is 10.9. The summed E-state index contributed by atoms with van der Waals surface area (Å²) in [5.41, 5.74) is 0.483. The number of aromatic nitrogens is 3. The van der Waals surface area contributed by atoms with E-state index in [0.29, 0.717) is 26.7 Å². The first kappa shape index (κ1) is 20.9. The Morgan fingerprint density at radius 1 is 1.14 bits per heavy atom. The monoisotopic (exact) mass is 458 g/mol. The number of thioether (sulfide) groups is 1. The van der Waals surface area contributed by atoms with Gasteiger partial charge < -0.3 is 5.32 Å². The fourth-order valence-corrected chi connectivity index (χ4v) is 3.72. The minimum atomic E-state index is -0.696. The van der Waals surface area contributed by atoms with Crippen molar-refractivity contribution in [1.82, 2.24) is 20.1 Å². The third-order valence-corrected chi connectivity index (χ3v) is 5.60. The molecule has 0 aliphatic heterocycles. The first-order valence-corrected chi connectivity index (χ1v) is 10.3. The van der Waals surface area contributed by atoms with Crippen LogP contribution in [0.2, 0.25) is 15.1 Å². The average molecular weight is 460 g/mol. The summed E-state index contributed by atoms with van der Waals surface area (Å²) >= 11 is 19.6. The molecule has 0 bridgehead atoms. The standard InChI is InChI=1S/C18H14Cl3FN4OS/c1-2-28-18-25-24-15(26(18)10-6-7-11(19)13(21)8-10)9-23-17(27)16-12(20)4-3-5-14(16)22/h3-8H,2,9H2,1H3,(H,23,27). The highest BCUT2D eigenvalue weighted by Gasteiger charge is 2.19. The van der Waals surface area contributed by atoms with Crippen LogP contribution in [0, 0.1) is 5.82 Å². The predicted molar refractivity (Wildman–Crippen MR) is 110 cm³/mol. The van der Waals surface area contributed by atoms with Gasteiger partial charge >= 0.3 is 0 Å². The minimum absolute atomic E-state index is 0.0149. The Morgan fingerprint density at radius 2 is 1.93 bits per heavy atom. The molecule has 0 atom stereocenters. The maximum Gasteiger partial charge on any atom is 0.256 e. The van der Waals surface area contributed by atoms with Crippen LogP contribution in [0.5, 0.6) is 0 Å². The molecule has 10 heteroatoms. The molecule has 0 fully saturated rings. The lowest BCUT2D eigenvalue weighted by Crippen LogP contribution is -2.26. The van der Waals surface area contributed by atoms with Crippen LogP contribution in [-0.4, -0.2) is 26.4 Å². The molecule has 0 unspecified atom stereocenters. The van der Waals surface area contributed by atoms with Crippen molar-refractivity contribution in [3.8, 4) is 5.69 Å². The number of halogens is 4. The summed E-state index contributed by atoms with van der Waals surface area (Å²) in [5.74, 6) is -0.110. The third kappa shape index (κ3) is 4.43. The second kappa shape index (κ2) is 9.13. The Hall–Kier alpha value is -1.80. The van der Waals surface area contributed by atoms with Gasteiger partial charge in [0.05, 0.1) is 32.9 Å². The number of nitrogens with zero attached hydrogens (tertiary/aromatic N) is 3. The van der Waals surface area contributed by atoms with Crippen LogP contribution < -0.4 is 5.32 Å². The topological polar surface area (TPSA) is 59.8 Å². The quantitative estimate of drug-likeness (QED) is 0.501. The van der Waals surface area contributed by atoms with Crippen LogP contribution in [0.1, 0.15) is 23.1 Å². The fourth-order valence-electron chi connectivity index (χ4n) is 2.48. The molecule has 0 saturated heterocycles. The first-order valence-electron chi connectivity index (χ1n) is 8.17. The van der Waals surface area contributed by atoms with E-state index in [2.05, 4.69) is 15.5 Å². The molecule has 5 nitrogen and oxygen atoms in total. The van der Waals surface area contributed by atoms with Crippen molar-refractivity contribution >= 4 is 52.5 Å². The Kier molecular flexibility index (Phi) is 6.82. The summed E-state index contributed by atoms with van der Waals surface area (Å²) < 4.78 is 15.7. The molecule has 0 aliphatic carbocycles. The van der Waals surface area contributed by atoms with Gasteiger partial charge in [0, 0.05) is 0 Å². The van der Waals surface area contributed by atoms with Gasteiger partial charge in [-0.25, -0.2) is 4.39 Å². The minimum Gasteiger partial charge on any atom is -0.345 e. The van der Waals surface area contributed by atoms with E-state index in [0.717, 1.165) is 5.75 Å². The smallest absolute Gasteiger partial charge is 0.256 e. The Balaban J connectivity index is 1.90. The van der Waals surface area contributed by atoms with Crippen molar-refractivity contribution in [3.63, 3.8) is 0 Å². The number of hydrogen-bond acceptors (Lipinski definition) is 4. The van der Waals surface area contributed by atoms with Gasteiger partial charge in [0.2, 0.25) is 0 Å². The molecule has 1 N–H and O–H groups in total. The van der Waals surface area contributed by atoms with E-state index < -0.39 is 11.7 Å². The van der Waals surface area contributed by atoms with Crippen molar-refractivity contribution < 1.29 is 9.18 Å². The molecule has 0 aliphatic rings. The van der Waals surface area contributed by atoms with E-state index in [1.807, 2.05) is 6.92 Å². The molecule has 1 aromatic heterocycles. The van der Waals surface area contributed by atoms with Crippen molar-refractivity contribution in [2.24, 2.45) is 0 Å². The molecule has 3 aromatic rings. The van der Waals surface area contributed by atoms with E-state index >= 15 is 0 Å². The van der Waals surface area contributed by atoms with E-state index in [-0.39, 0.29) is 17.1 Å². The second-order valence-electron chi connectivity index (χ2n) is 5.54. The number of carbonyl (C=O) groups excluding carboxylic acids is 1. The Bertz CT molecular complexity index is 1010. The maximum absolute atomic E-state index is 13.9. The number of carbonyl (C=O) groups is 1. The molecule has 0 radical (unpaired) electrons. The molecule has 28 heavy (non-hydrogen) atoms. The molecular formula is C18H14Cl3FN4OS. The molecule has 146 valence electrons. The van der Waals surface area contributed by atoms with Gasteiger partial charge in [-0.3, -0.25) is 9.36 Å². The SMILES string of the molecule is CCSc1nnc(CNC(=O)c2c(F)cccc2Cl)n1-c1ccc(Cl)c(Cl)c1. The molecule has 2 aromatic carbocycles. The number of amides is 1. The maximum atomic E-state index is 13.9. The van der Waals surface area contributed by atoms with Gasteiger partial charge in [-0.1, -0.05) is 59.6 Å². The van der Waals surface area contributed by atoms with Gasteiger partial charge in [0.15, 0.2) is 11.0 Å². The molecular weight excluding hydrogens is 446 g/mol. The van der Waals surface area contributed by atoms with Crippen LogP contribution in [0.25, 0.3) is 5.69 Å². The highest BCUT2D eigenvalue weighted by atomic mass is 35.5.